The third-order valence-electron chi connectivity index (χ3n) is 4.59. The lowest BCUT2D eigenvalue weighted by atomic mass is 9.96. The summed E-state index contributed by atoms with van der Waals surface area (Å²) in [6.07, 6.45) is 3.71. The van der Waals surface area contributed by atoms with Crippen LogP contribution in [0.15, 0.2) is 59.2 Å². The van der Waals surface area contributed by atoms with Gasteiger partial charge in [0.05, 0.1) is 5.92 Å². The molecule has 0 aliphatic heterocycles. The number of hydrogen-bond donors (Lipinski definition) is 1. The molecule has 0 fully saturated rings. The van der Waals surface area contributed by atoms with Crippen LogP contribution < -0.4 is 5.32 Å². The Bertz CT molecular complexity index is 917. The molecule has 1 atom stereocenters. The first kappa shape index (κ1) is 20.7. The zero-order chi connectivity index (χ0) is 20.1. The highest BCUT2D eigenvalue weighted by Crippen LogP contribution is 2.24. The fourth-order valence-electron chi connectivity index (χ4n) is 3.03. The van der Waals surface area contributed by atoms with Gasteiger partial charge < -0.3 is 5.32 Å². The number of nitrogens with one attached hydrogen (secondary N) is 1. The maximum atomic E-state index is 12.6. The molecule has 0 bridgehead atoms. The van der Waals surface area contributed by atoms with E-state index in [0.29, 0.717) is 11.0 Å². The predicted molar refractivity (Wildman–Crippen MR) is 121 cm³/mol. The largest absolute Gasteiger partial charge is 0.301 e. The molecule has 1 heterocycles. The summed E-state index contributed by atoms with van der Waals surface area (Å²) in [5.41, 5.74) is 3.56. The monoisotopic (exact) mass is 456 g/mol. The number of rotatable bonds is 7. The van der Waals surface area contributed by atoms with Crippen molar-refractivity contribution >= 4 is 38.3 Å². The number of benzene rings is 2. The lowest BCUT2D eigenvalue weighted by molar-refractivity contribution is -0.117. The van der Waals surface area contributed by atoms with Gasteiger partial charge in [-0.3, -0.25) is 4.79 Å². The molecule has 0 aliphatic rings. The van der Waals surface area contributed by atoms with Gasteiger partial charge in [0, 0.05) is 22.0 Å². The highest BCUT2D eigenvalue weighted by Gasteiger charge is 2.17. The molecule has 3 nitrogen and oxygen atoms in total. The van der Waals surface area contributed by atoms with Gasteiger partial charge in [-0.1, -0.05) is 66.2 Å². The average Bonchev–Trinajstić information content (AvgIpc) is 3.10. The zero-order valence-electron chi connectivity index (χ0n) is 16.4. The molecule has 0 radical (unpaired) electrons. The first-order chi connectivity index (χ1) is 13.4. The van der Waals surface area contributed by atoms with E-state index in [9.17, 15) is 4.79 Å². The molecule has 1 N–H and O–H groups in total. The second kappa shape index (κ2) is 9.48. The Morgan fingerprint density at radius 2 is 1.68 bits per heavy atom. The Labute approximate surface area is 179 Å². The first-order valence-corrected chi connectivity index (χ1v) is 11.1. The van der Waals surface area contributed by atoms with Crippen molar-refractivity contribution in [3.8, 4) is 0 Å². The van der Waals surface area contributed by atoms with E-state index in [2.05, 4.69) is 76.5 Å². The standard InChI is InChI=1S/C23H25BrN2OS/c1-15(2)12-17-4-8-19(9-5-17)16(3)22(27)26-23-25-14-21(28-23)13-18-6-10-20(24)11-7-18/h4-11,14-16H,12-13H2,1-3H3,(H,25,26,27)/t16-/m1/s1. The molecule has 1 aromatic heterocycles. The van der Waals surface area contributed by atoms with Crippen LogP contribution in [0.3, 0.4) is 0 Å². The Hall–Kier alpha value is -1.98. The quantitative estimate of drug-likeness (QED) is 0.444. The highest BCUT2D eigenvalue weighted by atomic mass is 79.9. The number of aromatic nitrogens is 1. The van der Waals surface area contributed by atoms with Gasteiger partial charge in [0.2, 0.25) is 5.91 Å². The van der Waals surface area contributed by atoms with E-state index in [0.717, 1.165) is 27.8 Å². The van der Waals surface area contributed by atoms with E-state index in [4.69, 9.17) is 0 Å². The second-order valence-electron chi connectivity index (χ2n) is 7.49. The minimum absolute atomic E-state index is 0.0267. The Morgan fingerprint density at radius 3 is 2.32 bits per heavy atom. The van der Waals surface area contributed by atoms with Crippen LogP contribution in [0.2, 0.25) is 0 Å². The third kappa shape index (κ3) is 5.76. The van der Waals surface area contributed by atoms with Crippen LogP contribution in [0.1, 0.15) is 48.3 Å². The number of halogens is 1. The third-order valence-corrected chi connectivity index (χ3v) is 6.03. The first-order valence-electron chi connectivity index (χ1n) is 9.49. The van der Waals surface area contributed by atoms with E-state index in [1.807, 2.05) is 25.3 Å². The second-order valence-corrected chi connectivity index (χ2v) is 9.52. The number of thiazole rings is 1. The smallest absolute Gasteiger partial charge is 0.233 e. The molecule has 1 amide bonds. The molecule has 2 aromatic carbocycles. The topological polar surface area (TPSA) is 42.0 Å². The van der Waals surface area contributed by atoms with Crippen LogP contribution in [-0.4, -0.2) is 10.9 Å². The molecular formula is C23H25BrN2OS. The molecule has 0 saturated carbocycles. The maximum Gasteiger partial charge on any atom is 0.233 e. The summed E-state index contributed by atoms with van der Waals surface area (Å²) in [6, 6.07) is 16.6. The lowest BCUT2D eigenvalue weighted by Crippen LogP contribution is -2.18. The molecule has 3 aromatic rings. The molecule has 3 rings (SSSR count). The summed E-state index contributed by atoms with van der Waals surface area (Å²) in [4.78, 5) is 18.1. The van der Waals surface area contributed by atoms with Gasteiger partial charge in [-0.2, -0.15) is 0 Å². The number of anilines is 1. The Balaban J connectivity index is 1.59. The number of carbonyl (C=O) groups is 1. The van der Waals surface area contributed by atoms with Gasteiger partial charge in [-0.25, -0.2) is 4.98 Å². The summed E-state index contributed by atoms with van der Waals surface area (Å²) < 4.78 is 1.07. The highest BCUT2D eigenvalue weighted by molar-refractivity contribution is 9.10. The summed E-state index contributed by atoms with van der Waals surface area (Å²) >= 11 is 4.98. The molecular weight excluding hydrogens is 432 g/mol. The van der Waals surface area contributed by atoms with E-state index in [1.165, 1.54) is 22.5 Å². The summed E-state index contributed by atoms with van der Waals surface area (Å²) in [5.74, 6) is 0.385. The van der Waals surface area contributed by atoms with E-state index in [1.54, 1.807) is 0 Å². The Morgan fingerprint density at radius 1 is 1.04 bits per heavy atom. The zero-order valence-corrected chi connectivity index (χ0v) is 18.8. The van der Waals surface area contributed by atoms with Gasteiger partial charge >= 0.3 is 0 Å². The van der Waals surface area contributed by atoms with Crippen LogP contribution in [-0.2, 0) is 17.6 Å². The molecule has 0 aliphatic carbocycles. The molecule has 0 unspecified atom stereocenters. The maximum absolute atomic E-state index is 12.6. The minimum atomic E-state index is -0.216. The van der Waals surface area contributed by atoms with Crippen molar-refractivity contribution in [3.63, 3.8) is 0 Å². The van der Waals surface area contributed by atoms with E-state index < -0.39 is 0 Å². The van der Waals surface area contributed by atoms with Crippen LogP contribution >= 0.6 is 27.3 Å². The molecule has 0 spiro atoms. The van der Waals surface area contributed by atoms with Crippen molar-refractivity contribution < 1.29 is 4.79 Å². The normalized spacial score (nSPS) is 12.2. The SMILES string of the molecule is CC(C)Cc1ccc([C@@H](C)C(=O)Nc2ncc(Cc3ccc(Br)cc3)s2)cc1. The van der Waals surface area contributed by atoms with Gasteiger partial charge in [-0.05, 0) is 48.1 Å². The van der Waals surface area contributed by atoms with Gasteiger partial charge in [-0.15, -0.1) is 11.3 Å². The van der Waals surface area contributed by atoms with Gasteiger partial charge in [0.25, 0.3) is 0 Å². The fourth-order valence-corrected chi connectivity index (χ4v) is 4.14. The van der Waals surface area contributed by atoms with Crippen LogP contribution in [0.5, 0.6) is 0 Å². The number of hydrogen-bond acceptors (Lipinski definition) is 3. The molecule has 5 heteroatoms. The van der Waals surface area contributed by atoms with Gasteiger partial charge in [0.15, 0.2) is 5.13 Å². The molecule has 0 saturated heterocycles. The van der Waals surface area contributed by atoms with Crippen molar-refractivity contribution in [3.05, 3.63) is 80.8 Å². The van der Waals surface area contributed by atoms with Crippen LogP contribution in [0.4, 0.5) is 5.13 Å². The number of amides is 1. The van der Waals surface area contributed by atoms with E-state index in [-0.39, 0.29) is 11.8 Å². The summed E-state index contributed by atoms with van der Waals surface area (Å²) in [7, 11) is 0. The summed E-state index contributed by atoms with van der Waals surface area (Å²) in [5, 5.41) is 3.62. The Kier molecular flexibility index (Phi) is 7.03. The predicted octanol–water partition coefficient (Wildman–Crippen LogP) is 6.44. The number of carbonyl (C=O) groups excluding carboxylic acids is 1. The summed E-state index contributed by atoms with van der Waals surface area (Å²) in [6.45, 7) is 6.36. The molecule has 28 heavy (non-hydrogen) atoms. The van der Waals surface area contributed by atoms with Crippen molar-refractivity contribution in [1.82, 2.24) is 4.98 Å². The van der Waals surface area contributed by atoms with Crippen molar-refractivity contribution in [2.75, 3.05) is 5.32 Å². The lowest BCUT2D eigenvalue weighted by Gasteiger charge is -2.12. The average molecular weight is 457 g/mol. The van der Waals surface area contributed by atoms with Crippen molar-refractivity contribution in [1.29, 1.82) is 0 Å². The van der Waals surface area contributed by atoms with Crippen LogP contribution in [0, 0.1) is 5.92 Å². The minimum Gasteiger partial charge on any atom is -0.301 e. The van der Waals surface area contributed by atoms with Crippen molar-refractivity contribution in [2.45, 2.75) is 39.5 Å². The van der Waals surface area contributed by atoms with E-state index >= 15 is 0 Å². The number of nitrogens with zero attached hydrogens (tertiary/aromatic N) is 1. The van der Waals surface area contributed by atoms with Crippen molar-refractivity contribution in [2.24, 2.45) is 5.92 Å². The van der Waals surface area contributed by atoms with Gasteiger partial charge in [0.1, 0.15) is 0 Å². The van der Waals surface area contributed by atoms with Crippen LogP contribution in [0.25, 0.3) is 0 Å². The molecule has 146 valence electrons. The fraction of sp³-hybridized carbons (Fsp3) is 0.304.